The highest BCUT2D eigenvalue weighted by Crippen LogP contribution is 2.26. The van der Waals surface area contributed by atoms with E-state index in [4.69, 9.17) is 4.74 Å². The number of nitrogens with zero attached hydrogens (tertiary/aromatic N) is 5. The molecule has 4 aromatic rings. The van der Waals surface area contributed by atoms with E-state index in [2.05, 4.69) is 25.6 Å². The van der Waals surface area contributed by atoms with Gasteiger partial charge < -0.3 is 24.8 Å². The van der Waals surface area contributed by atoms with Gasteiger partial charge in [-0.1, -0.05) is 0 Å². The van der Waals surface area contributed by atoms with E-state index in [1.807, 2.05) is 6.07 Å². The summed E-state index contributed by atoms with van der Waals surface area (Å²) in [6.45, 7) is 2.28. The third-order valence-electron chi connectivity index (χ3n) is 5.57. The summed E-state index contributed by atoms with van der Waals surface area (Å²) in [5.74, 6) is 1.43. The van der Waals surface area contributed by atoms with Crippen LogP contribution in [0.1, 0.15) is 10.4 Å². The van der Waals surface area contributed by atoms with E-state index in [1.165, 1.54) is 4.57 Å². The van der Waals surface area contributed by atoms with Crippen LogP contribution in [0.25, 0.3) is 10.8 Å². The number of ether oxygens (including phenoxy) is 1. The summed E-state index contributed by atoms with van der Waals surface area (Å²) in [4.78, 5) is 40.3. The second kappa shape index (κ2) is 9.28. The number of fused-ring (bicyclic) bond motifs is 1. The Bertz CT molecular complexity index is 1380. The Morgan fingerprint density at radius 2 is 1.82 bits per heavy atom. The van der Waals surface area contributed by atoms with Crippen molar-refractivity contribution in [2.75, 3.05) is 36.9 Å². The van der Waals surface area contributed by atoms with Crippen LogP contribution in [0.3, 0.4) is 0 Å². The lowest BCUT2D eigenvalue weighted by Gasteiger charge is -2.26. The molecule has 1 aliphatic heterocycles. The Morgan fingerprint density at radius 3 is 2.56 bits per heavy atom. The van der Waals surface area contributed by atoms with Crippen molar-refractivity contribution >= 4 is 39.8 Å². The number of hydrogen-bond acceptors (Lipinski definition) is 8. The van der Waals surface area contributed by atoms with Crippen molar-refractivity contribution in [2.45, 2.75) is 0 Å². The third-order valence-corrected chi connectivity index (χ3v) is 5.57. The molecule has 0 spiro atoms. The predicted octanol–water partition coefficient (Wildman–Crippen LogP) is 2.68. The van der Waals surface area contributed by atoms with Crippen molar-refractivity contribution in [1.82, 2.24) is 24.4 Å². The van der Waals surface area contributed by atoms with E-state index in [1.54, 1.807) is 67.1 Å². The van der Waals surface area contributed by atoms with Crippen molar-refractivity contribution in [3.05, 3.63) is 77.1 Å². The van der Waals surface area contributed by atoms with Gasteiger partial charge in [0.25, 0.3) is 11.5 Å². The van der Waals surface area contributed by atoms with Gasteiger partial charge in [0, 0.05) is 50.0 Å². The van der Waals surface area contributed by atoms with Crippen LogP contribution in [0.5, 0.6) is 0 Å². The SMILES string of the molecule is Cn1ccc2cc(Nc3cnccn3)nc(Nc3ccc(C(=O)N4CCOCC4)cc3)c2c1=O. The van der Waals surface area contributed by atoms with Crippen LogP contribution in [-0.4, -0.2) is 56.6 Å². The summed E-state index contributed by atoms with van der Waals surface area (Å²) in [6.07, 6.45) is 6.47. The molecule has 0 unspecified atom stereocenters. The number of benzene rings is 1. The van der Waals surface area contributed by atoms with Crippen molar-refractivity contribution in [3.8, 4) is 0 Å². The molecule has 2 N–H and O–H groups in total. The van der Waals surface area contributed by atoms with Gasteiger partial charge in [-0.15, -0.1) is 0 Å². The molecule has 1 aromatic carbocycles. The number of aryl methyl sites for hydroxylation is 1. The first-order valence-electron chi connectivity index (χ1n) is 10.9. The zero-order chi connectivity index (χ0) is 23.5. The Balaban J connectivity index is 1.46. The van der Waals surface area contributed by atoms with E-state index in [-0.39, 0.29) is 11.5 Å². The first kappa shape index (κ1) is 21.5. The number of carbonyl (C=O) groups excluding carboxylic acids is 1. The van der Waals surface area contributed by atoms with Gasteiger partial charge in [-0.05, 0) is 41.8 Å². The lowest BCUT2D eigenvalue weighted by molar-refractivity contribution is 0.0303. The van der Waals surface area contributed by atoms with Crippen LogP contribution < -0.4 is 16.2 Å². The summed E-state index contributed by atoms with van der Waals surface area (Å²) in [5, 5.41) is 7.55. The molecule has 10 nitrogen and oxygen atoms in total. The molecule has 5 rings (SSSR count). The van der Waals surface area contributed by atoms with Crippen LogP contribution in [0.4, 0.5) is 23.1 Å². The molecule has 10 heteroatoms. The van der Waals surface area contributed by atoms with Crippen molar-refractivity contribution < 1.29 is 9.53 Å². The summed E-state index contributed by atoms with van der Waals surface area (Å²) < 4.78 is 6.83. The normalized spacial score (nSPS) is 13.6. The van der Waals surface area contributed by atoms with E-state index in [0.717, 1.165) is 5.39 Å². The maximum atomic E-state index is 12.9. The number of rotatable bonds is 5. The molecule has 4 heterocycles. The molecule has 3 aromatic heterocycles. The number of hydrogen-bond donors (Lipinski definition) is 2. The predicted molar refractivity (Wildman–Crippen MR) is 129 cm³/mol. The van der Waals surface area contributed by atoms with Gasteiger partial charge in [0.2, 0.25) is 0 Å². The van der Waals surface area contributed by atoms with Gasteiger partial charge >= 0.3 is 0 Å². The molecule has 0 radical (unpaired) electrons. The third kappa shape index (κ3) is 4.44. The maximum Gasteiger partial charge on any atom is 0.261 e. The van der Waals surface area contributed by atoms with Crippen LogP contribution in [0, 0.1) is 0 Å². The molecular formula is C24H23N7O3. The standard InChI is InChI=1S/C24H23N7O3/c1-30-9-6-17-14-19(28-20-15-25-7-8-26-20)29-22(21(17)24(30)33)27-18-4-2-16(3-5-18)23(32)31-10-12-34-13-11-31/h2-9,14-15H,10-13H2,1H3,(H2,26,27,28,29). The zero-order valence-corrected chi connectivity index (χ0v) is 18.6. The Kier molecular flexibility index (Phi) is 5.88. The fourth-order valence-electron chi connectivity index (χ4n) is 3.79. The molecule has 1 saturated heterocycles. The highest BCUT2D eigenvalue weighted by atomic mass is 16.5. The summed E-state index contributed by atoms with van der Waals surface area (Å²) >= 11 is 0. The van der Waals surface area contributed by atoms with Crippen LogP contribution in [0.15, 0.2) is 66.0 Å². The first-order chi connectivity index (χ1) is 16.6. The lowest BCUT2D eigenvalue weighted by atomic mass is 10.1. The van der Waals surface area contributed by atoms with Crippen LogP contribution in [-0.2, 0) is 11.8 Å². The number of anilines is 4. The molecule has 0 bridgehead atoms. The minimum absolute atomic E-state index is 0.0255. The largest absolute Gasteiger partial charge is 0.378 e. The minimum Gasteiger partial charge on any atom is -0.378 e. The Morgan fingerprint density at radius 1 is 1.03 bits per heavy atom. The van der Waals surface area contributed by atoms with Gasteiger partial charge in [0.1, 0.15) is 17.5 Å². The zero-order valence-electron chi connectivity index (χ0n) is 18.6. The van der Waals surface area contributed by atoms with E-state index >= 15 is 0 Å². The number of amides is 1. The Hall–Kier alpha value is -4.31. The van der Waals surface area contributed by atoms with Gasteiger partial charge in [-0.2, -0.15) is 0 Å². The van der Waals surface area contributed by atoms with Crippen molar-refractivity contribution in [2.24, 2.45) is 7.05 Å². The summed E-state index contributed by atoms with van der Waals surface area (Å²) in [6, 6.07) is 10.8. The monoisotopic (exact) mass is 457 g/mol. The van der Waals surface area contributed by atoms with E-state index < -0.39 is 0 Å². The topological polar surface area (TPSA) is 114 Å². The summed E-state index contributed by atoms with van der Waals surface area (Å²) in [7, 11) is 1.70. The number of nitrogens with one attached hydrogen (secondary N) is 2. The van der Waals surface area contributed by atoms with Crippen LogP contribution >= 0.6 is 0 Å². The van der Waals surface area contributed by atoms with E-state index in [0.29, 0.717) is 60.4 Å². The Labute approximate surface area is 195 Å². The molecule has 1 aliphatic rings. The molecule has 34 heavy (non-hydrogen) atoms. The van der Waals surface area contributed by atoms with Crippen LogP contribution in [0.2, 0.25) is 0 Å². The van der Waals surface area contributed by atoms with Gasteiger partial charge in [-0.25, -0.2) is 9.97 Å². The molecule has 1 amide bonds. The average molecular weight is 457 g/mol. The second-order valence-electron chi connectivity index (χ2n) is 7.87. The molecule has 0 saturated carbocycles. The van der Waals surface area contributed by atoms with Crippen molar-refractivity contribution in [3.63, 3.8) is 0 Å². The fraction of sp³-hybridized carbons (Fsp3) is 0.208. The molecule has 0 aliphatic carbocycles. The first-order valence-corrected chi connectivity index (χ1v) is 10.9. The summed E-state index contributed by atoms with van der Waals surface area (Å²) in [5.41, 5.74) is 1.13. The second-order valence-corrected chi connectivity index (χ2v) is 7.87. The van der Waals surface area contributed by atoms with Gasteiger partial charge in [0.15, 0.2) is 0 Å². The minimum atomic E-state index is -0.169. The fourth-order valence-corrected chi connectivity index (χ4v) is 3.79. The average Bonchev–Trinajstić information content (AvgIpc) is 2.87. The number of aromatic nitrogens is 4. The van der Waals surface area contributed by atoms with E-state index in [9.17, 15) is 9.59 Å². The lowest BCUT2D eigenvalue weighted by Crippen LogP contribution is -2.40. The maximum absolute atomic E-state index is 12.9. The van der Waals surface area contributed by atoms with Crippen molar-refractivity contribution in [1.29, 1.82) is 0 Å². The van der Waals surface area contributed by atoms with Gasteiger partial charge in [0.05, 0.1) is 24.8 Å². The molecule has 1 fully saturated rings. The molecule has 0 atom stereocenters. The number of morpholine rings is 1. The quantitative estimate of drug-likeness (QED) is 0.470. The smallest absolute Gasteiger partial charge is 0.261 e. The van der Waals surface area contributed by atoms with Gasteiger partial charge in [-0.3, -0.25) is 14.6 Å². The molecule has 172 valence electrons. The highest BCUT2D eigenvalue weighted by molar-refractivity contribution is 5.96. The highest BCUT2D eigenvalue weighted by Gasteiger charge is 2.18. The number of carbonyl (C=O) groups is 1. The number of pyridine rings is 2. The molecular weight excluding hydrogens is 434 g/mol.